The minimum absolute atomic E-state index is 0.00342. The molecule has 0 saturated heterocycles. The first kappa shape index (κ1) is 16.5. The zero-order valence-electron chi connectivity index (χ0n) is 13.1. The summed E-state index contributed by atoms with van der Waals surface area (Å²) in [6, 6.07) is 12.7. The predicted octanol–water partition coefficient (Wildman–Crippen LogP) is 5.39. The average Bonchev–Trinajstić information content (AvgIpc) is 2.58. The van der Waals surface area contributed by atoms with Gasteiger partial charge in [-0.2, -0.15) is 13.2 Å². The first-order valence-electron chi connectivity index (χ1n) is 7.95. The van der Waals surface area contributed by atoms with Gasteiger partial charge >= 0.3 is 6.18 Å². The molecule has 2 aromatic rings. The van der Waals surface area contributed by atoms with E-state index in [4.69, 9.17) is 0 Å². The molecule has 0 saturated carbocycles. The van der Waals surface area contributed by atoms with Crippen molar-refractivity contribution in [2.24, 2.45) is 0 Å². The molecule has 0 heterocycles. The Morgan fingerprint density at radius 1 is 0.875 bits per heavy atom. The highest BCUT2D eigenvalue weighted by Gasteiger charge is 2.35. The Hall–Kier alpha value is -2.36. The molecule has 124 valence electrons. The van der Waals surface area contributed by atoms with Crippen molar-refractivity contribution in [3.8, 4) is 0 Å². The molecule has 3 rings (SSSR count). The highest BCUT2D eigenvalue weighted by molar-refractivity contribution is 6.09. The Kier molecular flexibility index (Phi) is 4.56. The van der Waals surface area contributed by atoms with Crippen LogP contribution in [0.5, 0.6) is 0 Å². The molecule has 0 bridgehead atoms. The van der Waals surface area contributed by atoms with Gasteiger partial charge in [-0.3, -0.25) is 4.79 Å². The van der Waals surface area contributed by atoms with Gasteiger partial charge in [0.2, 0.25) is 0 Å². The third kappa shape index (κ3) is 3.58. The minimum atomic E-state index is -4.58. The molecule has 0 spiro atoms. The summed E-state index contributed by atoms with van der Waals surface area (Å²) in [6.07, 6.45) is 0.151. The van der Waals surface area contributed by atoms with Gasteiger partial charge in [0, 0.05) is 5.56 Å². The van der Waals surface area contributed by atoms with E-state index >= 15 is 0 Å². The second-order valence-corrected chi connectivity index (χ2v) is 5.98. The number of carbonyl (C=O) groups excluding carboxylic acids is 1. The first-order valence-corrected chi connectivity index (χ1v) is 7.95. The molecule has 1 aliphatic rings. The molecule has 0 N–H and O–H groups in total. The fourth-order valence-electron chi connectivity index (χ4n) is 3.05. The van der Waals surface area contributed by atoms with Gasteiger partial charge in [0.25, 0.3) is 0 Å². The van der Waals surface area contributed by atoms with Gasteiger partial charge in [0.1, 0.15) is 0 Å². The molecule has 0 unspecified atom stereocenters. The number of aryl methyl sites for hydroxylation is 2. The minimum Gasteiger partial charge on any atom is -0.289 e. The van der Waals surface area contributed by atoms with E-state index < -0.39 is 17.5 Å². The summed E-state index contributed by atoms with van der Waals surface area (Å²) in [5, 5.41) is 0. The summed E-state index contributed by atoms with van der Waals surface area (Å²) in [7, 11) is 0. The van der Waals surface area contributed by atoms with Crippen molar-refractivity contribution in [2.45, 2.75) is 31.9 Å². The standard InChI is InChI=1S/C20H17F3O/c21-20(22,23)18(15-7-2-1-3-8-15)13-19(24)17-11-10-14-6-4-5-9-16(14)12-17/h1-3,7-8,10-13H,4-6,9H2/b18-13-. The largest absolute Gasteiger partial charge is 0.417 e. The fraction of sp³-hybridized carbons (Fsp3) is 0.250. The van der Waals surface area contributed by atoms with Crippen molar-refractivity contribution in [3.63, 3.8) is 0 Å². The maximum absolute atomic E-state index is 13.3. The number of hydrogen-bond acceptors (Lipinski definition) is 1. The van der Waals surface area contributed by atoms with Gasteiger partial charge in [-0.15, -0.1) is 0 Å². The zero-order valence-corrected chi connectivity index (χ0v) is 13.1. The Morgan fingerprint density at radius 3 is 2.21 bits per heavy atom. The van der Waals surface area contributed by atoms with Gasteiger partial charge in [-0.25, -0.2) is 0 Å². The Bertz CT molecular complexity index is 773. The second-order valence-electron chi connectivity index (χ2n) is 5.98. The molecular weight excluding hydrogens is 313 g/mol. The van der Waals surface area contributed by atoms with E-state index in [1.54, 1.807) is 18.2 Å². The van der Waals surface area contributed by atoms with Crippen LogP contribution in [-0.2, 0) is 12.8 Å². The summed E-state index contributed by atoms with van der Waals surface area (Å²) in [5.41, 5.74) is 1.67. The molecular formula is C20H17F3O. The Balaban J connectivity index is 1.97. The van der Waals surface area contributed by atoms with E-state index in [2.05, 4.69) is 0 Å². The maximum atomic E-state index is 13.3. The van der Waals surface area contributed by atoms with Crippen LogP contribution in [0.4, 0.5) is 13.2 Å². The number of hydrogen-bond donors (Lipinski definition) is 0. The van der Waals surface area contributed by atoms with Crippen LogP contribution < -0.4 is 0 Å². The molecule has 1 aliphatic carbocycles. The van der Waals surface area contributed by atoms with E-state index in [0.29, 0.717) is 11.6 Å². The van der Waals surface area contributed by atoms with Crippen LogP contribution >= 0.6 is 0 Å². The summed E-state index contributed by atoms with van der Waals surface area (Å²) in [6.45, 7) is 0. The van der Waals surface area contributed by atoms with Crippen molar-refractivity contribution in [1.82, 2.24) is 0 Å². The molecule has 1 nitrogen and oxygen atoms in total. The first-order chi connectivity index (χ1) is 11.4. The van der Waals surface area contributed by atoms with Crippen molar-refractivity contribution < 1.29 is 18.0 Å². The van der Waals surface area contributed by atoms with Crippen LogP contribution in [-0.4, -0.2) is 12.0 Å². The highest BCUT2D eigenvalue weighted by atomic mass is 19.4. The number of carbonyl (C=O) groups is 1. The lowest BCUT2D eigenvalue weighted by Gasteiger charge is -2.16. The molecule has 0 aromatic heterocycles. The lowest BCUT2D eigenvalue weighted by atomic mass is 9.89. The Morgan fingerprint density at radius 2 is 1.54 bits per heavy atom. The summed E-state index contributed by atoms with van der Waals surface area (Å²) >= 11 is 0. The molecule has 0 fully saturated rings. The average molecular weight is 330 g/mol. The molecule has 4 heteroatoms. The van der Waals surface area contributed by atoms with Crippen molar-refractivity contribution >= 4 is 11.4 Å². The van der Waals surface area contributed by atoms with E-state index in [0.717, 1.165) is 31.2 Å². The molecule has 0 amide bonds. The number of alkyl halides is 3. The predicted molar refractivity (Wildman–Crippen MR) is 87.9 cm³/mol. The lowest BCUT2D eigenvalue weighted by molar-refractivity contribution is -0.0689. The third-order valence-corrected chi connectivity index (χ3v) is 4.30. The van der Waals surface area contributed by atoms with E-state index in [1.807, 2.05) is 6.07 Å². The van der Waals surface area contributed by atoms with Crippen molar-refractivity contribution in [1.29, 1.82) is 0 Å². The van der Waals surface area contributed by atoms with Crippen LogP contribution in [0, 0.1) is 0 Å². The van der Waals surface area contributed by atoms with Gasteiger partial charge in [0.15, 0.2) is 5.78 Å². The molecule has 0 radical (unpaired) electrons. The number of allylic oxidation sites excluding steroid dienone is 2. The SMILES string of the molecule is O=C(/C=C(/c1ccccc1)C(F)(F)F)c1ccc2c(c1)CCCC2. The van der Waals surface area contributed by atoms with Gasteiger partial charge in [-0.1, -0.05) is 42.5 Å². The van der Waals surface area contributed by atoms with Crippen LogP contribution in [0.1, 0.15) is 39.9 Å². The monoisotopic (exact) mass is 330 g/mol. The smallest absolute Gasteiger partial charge is 0.289 e. The topological polar surface area (TPSA) is 17.1 Å². The van der Waals surface area contributed by atoms with Crippen LogP contribution in [0.15, 0.2) is 54.6 Å². The molecule has 0 aliphatic heterocycles. The van der Waals surface area contributed by atoms with E-state index in [-0.39, 0.29) is 5.56 Å². The molecule has 2 aromatic carbocycles. The number of ketones is 1. The Labute approximate surface area is 138 Å². The molecule has 0 atom stereocenters. The zero-order chi connectivity index (χ0) is 17.2. The number of benzene rings is 2. The van der Waals surface area contributed by atoms with Crippen LogP contribution in [0.25, 0.3) is 5.57 Å². The van der Waals surface area contributed by atoms with Crippen LogP contribution in [0.2, 0.25) is 0 Å². The van der Waals surface area contributed by atoms with Crippen LogP contribution in [0.3, 0.4) is 0 Å². The number of rotatable bonds is 3. The van der Waals surface area contributed by atoms with Gasteiger partial charge in [-0.05, 0) is 54.5 Å². The number of halogens is 3. The summed E-state index contributed by atoms with van der Waals surface area (Å²) < 4.78 is 40.0. The maximum Gasteiger partial charge on any atom is 0.417 e. The van der Waals surface area contributed by atoms with E-state index in [1.165, 1.54) is 29.8 Å². The third-order valence-electron chi connectivity index (χ3n) is 4.30. The second kappa shape index (κ2) is 6.63. The van der Waals surface area contributed by atoms with Crippen molar-refractivity contribution in [3.05, 3.63) is 76.9 Å². The van der Waals surface area contributed by atoms with Gasteiger partial charge < -0.3 is 0 Å². The normalized spacial score (nSPS) is 15.0. The number of fused-ring (bicyclic) bond motifs is 1. The highest BCUT2D eigenvalue weighted by Crippen LogP contribution is 2.34. The fourth-order valence-corrected chi connectivity index (χ4v) is 3.05. The lowest BCUT2D eigenvalue weighted by Crippen LogP contribution is -2.13. The van der Waals surface area contributed by atoms with Gasteiger partial charge in [0.05, 0.1) is 5.57 Å². The van der Waals surface area contributed by atoms with E-state index in [9.17, 15) is 18.0 Å². The van der Waals surface area contributed by atoms with Crippen molar-refractivity contribution in [2.75, 3.05) is 0 Å². The quantitative estimate of drug-likeness (QED) is 0.544. The molecule has 24 heavy (non-hydrogen) atoms. The summed E-state index contributed by atoms with van der Waals surface area (Å²) in [5.74, 6) is -0.612. The summed E-state index contributed by atoms with van der Waals surface area (Å²) in [4.78, 5) is 12.4.